The molecule has 212 valence electrons. The number of para-hydroxylation sites is 1. The smallest absolute Gasteiger partial charge is 0.235 e. The number of carbonyl (C=O) groups is 2. The van der Waals surface area contributed by atoms with Gasteiger partial charge in [-0.15, -0.1) is 0 Å². The van der Waals surface area contributed by atoms with E-state index in [1.807, 2.05) is 35.4 Å². The number of rotatable bonds is 3. The van der Waals surface area contributed by atoms with E-state index in [1.54, 1.807) is 0 Å². The van der Waals surface area contributed by atoms with Gasteiger partial charge in [-0.2, -0.15) is 0 Å². The van der Waals surface area contributed by atoms with Gasteiger partial charge in [-0.25, -0.2) is 8.78 Å². The number of hydrogen-bond acceptors (Lipinski definition) is 3. The molecule has 4 aromatic rings. The number of fused-ring (bicyclic) bond motifs is 4. The summed E-state index contributed by atoms with van der Waals surface area (Å²) in [6, 6.07) is 17.4. The Morgan fingerprint density at radius 1 is 0.905 bits per heavy atom. The fraction of sp³-hybridized carbons (Fsp3) is 0.343. The number of nitrogens with zero attached hydrogens (tertiary/aromatic N) is 2. The summed E-state index contributed by atoms with van der Waals surface area (Å²) < 4.78 is 28.5. The van der Waals surface area contributed by atoms with E-state index in [9.17, 15) is 18.4 Å². The molecule has 0 unspecified atom stereocenters. The quantitative estimate of drug-likeness (QED) is 0.294. The van der Waals surface area contributed by atoms with Gasteiger partial charge < -0.3 is 10.2 Å². The second kappa shape index (κ2) is 9.18. The lowest BCUT2D eigenvalue weighted by Gasteiger charge is -2.45. The van der Waals surface area contributed by atoms with Gasteiger partial charge in [0, 0.05) is 35.3 Å². The Bertz CT molecular complexity index is 1780. The van der Waals surface area contributed by atoms with E-state index < -0.39 is 23.1 Å². The van der Waals surface area contributed by atoms with Gasteiger partial charge >= 0.3 is 0 Å². The fourth-order valence-corrected chi connectivity index (χ4v) is 8.30. The Balaban J connectivity index is 1.14. The first kappa shape index (κ1) is 25.6. The van der Waals surface area contributed by atoms with Gasteiger partial charge in [-0.1, -0.05) is 31.0 Å². The lowest BCUT2D eigenvalue weighted by molar-refractivity contribution is -0.151. The van der Waals surface area contributed by atoms with Crippen molar-refractivity contribution in [1.82, 2.24) is 9.88 Å². The molecule has 4 aliphatic rings. The summed E-state index contributed by atoms with van der Waals surface area (Å²) in [4.78, 5) is 33.9. The van der Waals surface area contributed by atoms with Crippen LogP contribution in [-0.2, 0) is 34.4 Å². The number of likely N-dealkylation sites (tertiary alicyclic amines) is 1. The van der Waals surface area contributed by atoms with Crippen molar-refractivity contribution < 1.29 is 18.4 Å². The van der Waals surface area contributed by atoms with Crippen molar-refractivity contribution in [2.75, 3.05) is 5.32 Å². The second-order valence-corrected chi connectivity index (χ2v) is 12.8. The summed E-state index contributed by atoms with van der Waals surface area (Å²) in [5, 5.41) is 4.03. The predicted molar refractivity (Wildman–Crippen MR) is 156 cm³/mol. The number of anilines is 1. The zero-order chi connectivity index (χ0) is 28.6. The molecule has 1 N–H and O–H groups in total. The number of amides is 2. The van der Waals surface area contributed by atoms with Crippen LogP contribution in [0.15, 0.2) is 66.9 Å². The minimum atomic E-state index is -0.629. The maximum atomic E-state index is 14.2. The first-order valence-corrected chi connectivity index (χ1v) is 14.9. The number of benzene rings is 3. The molecule has 0 bridgehead atoms. The standard InChI is InChI=1S/C35H31F2N3O2/c36-26-13-23(14-27(37)16-26)31-7-10-34(8-3-4-9-34)33(42)40(31)20-21-11-22-12-24-17-35(18-25(24)15-30(22)38-19-21)28-5-1-2-6-29(28)39-32(35)41/h1-2,5-6,11-16,19,31H,3-4,7-10,17-18,20H2,(H,39,41)/t31-,35-/m0/s1. The third kappa shape index (κ3) is 3.82. The van der Waals surface area contributed by atoms with Crippen LogP contribution in [0.3, 0.4) is 0 Å². The number of halogens is 2. The summed E-state index contributed by atoms with van der Waals surface area (Å²) in [6.45, 7) is 0.323. The summed E-state index contributed by atoms with van der Waals surface area (Å²) in [5.74, 6) is -1.13. The average Bonchev–Trinajstić information content (AvgIpc) is 3.66. The molecular formula is C35H31F2N3O2. The first-order chi connectivity index (χ1) is 20.3. The van der Waals surface area contributed by atoms with Crippen LogP contribution in [0.25, 0.3) is 10.9 Å². The monoisotopic (exact) mass is 563 g/mol. The summed E-state index contributed by atoms with van der Waals surface area (Å²) in [7, 11) is 0. The van der Waals surface area contributed by atoms with Gasteiger partial charge in [-0.05, 0) is 103 Å². The van der Waals surface area contributed by atoms with Gasteiger partial charge in [0.15, 0.2) is 0 Å². The second-order valence-electron chi connectivity index (χ2n) is 12.8. The van der Waals surface area contributed by atoms with Gasteiger partial charge in [0.2, 0.25) is 11.8 Å². The average molecular weight is 564 g/mol. The van der Waals surface area contributed by atoms with Crippen LogP contribution in [0.5, 0.6) is 0 Å². The van der Waals surface area contributed by atoms with E-state index in [-0.39, 0.29) is 17.2 Å². The van der Waals surface area contributed by atoms with E-state index >= 15 is 0 Å². The van der Waals surface area contributed by atoms with Crippen molar-refractivity contribution in [3.63, 3.8) is 0 Å². The lowest BCUT2D eigenvalue weighted by atomic mass is 9.74. The van der Waals surface area contributed by atoms with Gasteiger partial charge in [0.05, 0.1) is 17.0 Å². The predicted octanol–water partition coefficient (Wildman–Crippen LogP) is 6.93. The minimum Gasteiger partial charge on any atom is -0.331 e. The number of carbonyl (C=O) groups excluding carboxylic acids is 2. The summed E-state index contributed by atoms with van der Waals surface area (Å²) in [6.07, 6.45) is 8.30. The van der Waals surface area contributed by atoms with Crippen LogP contribution in [0.2, 0.25) is 0 Å². The van der Waals surface area contributed by atoms with Crippen molar-refractivity contribution in [1.29, 1.82) is 0 Å². The molecule has 1 aromatic heterocycles. The van der Waals surface area contributed by atoms with E-state index in [1.165, 1.54) is 12.1 Å². The first-order valence-electron chi connectivity index (χ1n) is 14.9. The van der Waals surface area contributed by atoms with Crippen molar-refractivity contribution >= 4 is 28.4 Å². The highest BCUT2D eigenvalue weighted by molar-refractivity contribution is 6.07. The van der Waals surface area contributed by atoms with Crippen molar-refractivity contribution in [3.05, 3.63) is 106 Å². The largest absolute Gasteiger partial charge is 0.331 e. The van der Waals surface area contributed by atoms with Crippen molar-refractivity contribution in [2.45, 2.75) is 69.4 Å². The maximum absolute atomic E-state index is 14.2. The molecule has 2 atom stereocenters. The van der Waals surface area contributed by atoms with Gasteiger partial charge in [0.1, 0.15) is 11.6 Å². The van der Waals surface area contributed by atoms with Crippen LogP contribution >= 0.6 is 0 Å². The molecule has 3 heterocycles. The SMILES string of the molecule is O=C1N(Cc2cnc3cc4c(cc3c2)C[C@@]2(C4)C(=O)Nc3ccccc32)[C@H](c2cc(F)cc(F)c2)CCC12CCCC2. The number of hydrogen-bond donors (Lipinski definition) is 1. The highest BCUT2D eigenvalue weighted by Gasteiger charge is 2.51. The van der Waals surface area contributed by atoms with Gasteiger partial charge in [0.25, 0.3) is 0 Å². The number of piperidine rings is 1. The van der Waals surface area contributed by atoms with E-state index in [2.05, 4.69) is 23.5 Å². The Morgan fingerprint density at radius 2 is 1.64 bits per heavy atom. The third-order valence-corrected chi connectivity index (χ3v) is 10.3. The number of pyridine rings is 1. The molecule has 1 saturated carbocycles. The molecule has 2 spiro atoms. The Morgan fingerprint density at radius 3 is 2.43 bits per heavy atom. The van der Waals surface area contributed by atoms with E-state index in [0.717, 1.165) is 77.0 Å². The third-order valence-electron chi connectivity index (χ3n) is 10.3. The van der Waals surface area contributed by atoms with E-state index in [4.69, 9.17) is 4.98 Å². The van der Waals surface area contributed by atoms with Crippen LogP contribution in [-0.4, -0.2) is 21.7 Å². The van der Waals surface area contributed by atoms with E-state index in [0.29, 0.717) is 31.4 Å². The highest BCUT2D eigenvalue weighted by atomic mass is 19.1. The van der Waals surface area contributed by atoms with Crippen LogP contribution in [0, 0.1) is 17.0 Å². The Kier molecular flexibility index (Phi) is 5.59. The molecule has 8 rings (SSSR count). The van der Waals surface area contributed by atoms with Crippen LogP contribution in [0.1, 0.15) is 72.4 Å². The zero-order valence-corrected chi connectivity index (χ0v) is 23.3. The molecule has 42 heavy (non-hydrogen) atoms. The topological polar surface area (TPSA) is 62.3 Å². The summed E-state index contributed by atoms with van der Waals surface area (Å²) in [5.41, 5.74) is 5.47. The highest BCUT2D eigenvalue weighted by Crippen LogP contribution is 2.51. The van der Waals surface area contributed by atoms with Crippen LogP contribution < -0.4 is 5.32 Å². The molecule has 2 fully saturated rings. The molecule has 2 aliphatic carbocycles. The molecule has 7 heteroatoms. The molecule has 1 saturated heterocycles. The molecule has 3 aromatic carbocycles. The minimum absolute atomic E-state index is 0.0434. The molecule has 5 nitrogen and oxygen atoms in total. The fourth-order valence-electron chi connectivity index (χ4n) is 8.30. The van der Waals surface area contributed by atoms with Crippen LogP contribution in [0.4, 0.5) is 14.5 Å². The number of aromatic nitrogens is 1. The molecule has 0 radical (unpaired) electrons. The Hall–Kier alpha value is -4.13. The normalized spacial score (nSPS) is 24.0. The lowest BCUT2D eigenvalue weighted by Crippen LogP contribution is -2.48. The van der Waals surface area contributed by atoms with Crippen molar-refractivity contribution in [2.24, 2.45) is 5.41 Å². The number of nitrogens with one attached hydrogen (secondary N) is 1. The maximum Gasteiger partial charge on any atom is 0.235 e. The zero-order valence-electron chi connectivity index (χ0n) is 23.3. The van der Waals surface area contributed by atoms with Gasteiger partial charge in [-0.3, -0.25) is 14.6 Å². The molecule has 2 amide bonds. The molecular weight excluding hydrogens is 532 g/mol. The Labute approximate surface area is 242 Å². The summed E-state index contributed by atoms with van der Waals surface area (Å²) >= 11 is 0. The van der Waals surface area contributed by atoms with Crippen molar-refractivity contribution in [3.8, 4) is 0 Å². The molecule has 2 aliphatic heterocycles.